The topological polar surface area (TPSA) is 37.4 Å². The van der Waals surface area contributed by atoms with Gasteiger partial charge in [0.1, 0.15) is 0 Å². The van der Waals surface area contributed by atoms with Crippen LogP contribution in [0.5, 0.6) is 0 Å². The summed E-state index contributed by atoms with van der Waals surface area (Å²) in [6, 6.07) is 4.37. The molecule has 108 valence electrons. The van der Waals surface area contributed by atoms with Crippen molar-refractivity contribution in [3.05, 3.63) is 24.0 Å². The van der Waals surface area contributed by atoms with Crippen LogP contribution >= 0.6 is 0 Å². The molecule has 0 radical (unpaired) electrons. The normalized spacial score (nSPS) is 19.7. The molecule has 1 aromatic heterocycles. The van der Waals surface area contributed by atoms with Crippen LogP contribution in [0.2, 0.25) is 0 Å². The number of piperazine rings is 1. The van der Waals surface area contributed by atoms with Crippen LogP contribution in [0.25, 0.3) is 0 Å². The number of rotatable bonds is 6. The molecule has 1 aliphatic heterocycles. The van der Waals surface area contributed by atoms with Crippen molar-refractivity contribution in [2.24, 2.45) is 12.8 Å². The van der Waals surface area contributed by atoms with Crippen molar-refractivity contribution in [2.75, 3.05) is 45.8 Å². The first-order chi connectivity index (χ1) is 9.24. The average molecular weight is 264 g/mol. The lowest BCUT2D eigenvalue weighted by Crippen LogP contribution is -2.47. The van der Waals surface area contributed by atoms with Gasteiger partial charge in [-0.1, -0.05) is 6.92 Å². The summed E-state index contributed by atoms with van der Waals surface area (Å²) in [7, 11) is 2.13. The second-order valence-electron chi connectivity index (χ2n) is 5.55. The van der Waals surface area contributed by atoms with Crippen molar-refractivity contribution in [3.8, 4) is 0 Å². The lowest BCUT2D eigenvalue weighted by molar-refractivity contribution is 0.129. The van der Waals surface area contributed by atoms with Crippen LogP contribution in [-0.4, -0.2) is 60.2 Å². The van der Waals surface area contributed by atoms with E-state index >= 15 is 0 Å². The molecule has 2 heterocycles. The summed E-state index contributed by atoms with van der Waals surface area (Å²) in [5.74, 6) is 0.568. The van der Waals surface area contributed by atoms with Crippen LogP contribution in [0.15, 0.2) is 18.3 Å². The second kappa shape index (κ2) is 7.08. The summed E-state index contributed by atoms with van der Waals surface area (Å²) in [4.78, 5) is 5.12. The fourth-order valence-electron chi connectivity index (χ4n) is 3.03. The predicted octanol–water partition coefficient (Wildman–Crippen LogP) is 1.10. The van der Waals surface area contributed by atoms with E-state index in [9.17, 15) is 0 Å². The zero-order chi connectivity index (χ0) is 13.7. The van der Waals surface area contributed by atoms with Crippen molar-refractivity contribution in [1.29, 1.82) is 0 Å². The molecule has 4 heteroatoms. The molecule has 1 aliphatic rings. The number of hydrogen-bond acceptors (Lipinski definition) is 3. The Kier molecular flexibility index (Phi) is 5.43. The molecule has 0 bridgehead atoms. The van der Waals surface area contributed by atoms with Crippen LogP contribution in [0, 0.1) is 0 Å². The van der Waals surface area contributed by atoms with E-state index in [-0.39, 0.29) is 0 Å². The van der Waals surface area contributed by atoms with Gasteiger partial charge in [-0.05, 0) is 31.6 Å². The van der Waals surface area contributed by atoms with Gasteiger partial charge < -0.3 is 20.1 Å². The lowest BCUT2D eigenvalue weighted by atomic mass is 10.00. The van der Waals surface area contributed by atoms with E-state index in [1.54, 1.807) is 0 Å². The van der Waals surface area contributed by atoms with Crippen molar-refractivity contribution in [2.45, 2.75) is 19.3 Å². The van der Waals surface area contributed by atoms with E-state index in [0.29, 0.717) is 5.92 Å². The van der Waals surface area contributed by atoms with Crippen molar-refractivity contribution in [1.82, 2.24) is 14.4 Å². The molecular weight excluding hydrogens is 236 g/mol. The van der Waals surface area contributed by atoms with Crippen LogP contribution in [-0.2, 0) is 7.05 Å². The van der Waals surface area contributed by atoms with Gasteiger partial charge in [-0.2, -0.15) is 0 Å². The molecule has 1 saturated heterocycles. The minimum Gasteiger partial charge on any atom is -0.354 e. The Morgan fingerprint density at radius 2 is 1.89 bits per heavy atom. The van der Waals surface area contributed by atoms with Gasteiger partial charge >= 0.3 is 0 Å². The van der Waals surface area contributed by atoms with E-state index in [2.05, 4.69) is 46.7 Å². The number of nitrogens with zero attached hydrogens (tertiary/aromatic N) is 3. The van der Waals surface area contributed by atoms with Gasteiger partial charge in [-0.3, -0.25) is 0 Å². The quantitative estimate of drug-likeness (QED) is 0.836. The Morgan fingerprint density at radius 3 is 2.42 bits per heavy atom. The third-order valence-corrected chi connectivity index (χ3v) is 4.31. The monoisotopic (exact) mass is 264 g/mol. The third-order valence-electron chi connectivity index (χ3n) is 4.31. The SMILES string of the molecule is CCN1CCN(CC(CCN)c2cccn2C)CC1. The second-order valence-corrected chi connectivity index (χ2v) is 5.55. The highest BCUT2D eigenvalue weighted by atomic mass is 15.3. The highest BCUT2D eigenvalue weighted by Crippen LogP contribution is 2.21. The Labute approximate surface area is 117 Å². The predicted molar refractivity (Wildman–Crippen MR) is 80.4 cm³/mol. The number of hydrogen-bond donors (Lipinski definition) is 1. The van der Waals surface area contributed by atoms with E-state index in [1.807, 2.05) is 0 Å². The Bertz CT molecular complexity index is 366. The molecule has 0 saturated carbocycles. The average Bonchev–Trinajstić information content (AvgIpc) is 2.85. The van der Waals surface area contributed by atoms with Gasteiger partial charge in [0.2, 0.25) is 0 Å². The highest BCUT2D eigenvalue weighted by molar-refractivity contribution is 5.13. The first-order valence-electron chi connectivity index (χ1n) is 7.50. The number of nitrogens with two attached hydrogens (primary N) is 1. The van der Waals surface area contributed by atoms with Gasteiger partial charge in [0.25, 0.3) is 0 Å². The third kappa shape index (κ3) is 3.81. The largest absolute Gasteiger partial charge is 0.354 e. The summed E-state index contributed by atoms with van der Waals surface area (Å²) in [6.45, 7) is 10.1. The van der Waals surface area contributed by atoms with Gasteiger partial charge in [0.05, 0.1) is 0 Å². The van der Waals surface area contributed by atoms with Crippen molar-refractivity contribution >= 4 is 0 Å². The van der Waals surface area contributed by atoms with Gasteiger partial charge in [-0.15, -0.1) is 0 Å². The molecule has 1 unspecified atom stereocenters. The maximum Gasteiger partial charge on any atom is 0.0216 e. The van der Waals surface area contributed by atoms with E-state index < -0.39 is 0 Å². The van der Waals surface area contributed by atoms with E-state index in [0.717, 1.165) is 19.5 Å². The molecular formula is C15H28N4. The molecule has 1 atom stereocenters. The van der Waals surface area contributed by atoms with Crippen LogP contribution in [0.1, 0.15) is 25.0 Å². The molecule has 1 fully saturated rings. The van der Waals surface area contributed by atoms with Crippen LogP contribution < -0.4 is 5.73 Å². The van der Waals surface area contributed by atoms with E-state index in [1.165, 1.54) is 38.4 Å². The standard InChI is InChI=1S/C15H28N4/c1-3-18-9-11-19(12-10-18)13-14(6-7-16)15-5-4-8-17(15)2/h4-5,8,14H,3,6-7,9-13,16H2,1-2H3. The number of aryl methyl sites for hydroxylation is 1. The maximum absolute atomic E-state index is 5.80. The summed E-state index contributed by atoms with van der Waals surface area (Å²) in [5.41, 5.74) is 7.22. The number of aromatic nitrogens is 1. The molecule has 2 rings (SSSR count). The van der Waals surface area contributed by atoms with Gasteiger partial charge in [-0.25, -0.2) is 0 Å². The lowest BCUT2D eigenvalue weighted by Gasteiger charge is -2.36. The molecule has 0 aromatic carbocycles. The Hall–Kier alpha value is -0.840. The van der Waals surface area contributed by atoms with Crippen molar-refractivity contribution < 1.29 is 0 Å². The molecule has 19 heavy (non-hydrogen) atoms. The molecule has 2 N–H and O–H groups in total. The highest BCUT2D eigenvalue weighted by Gasteiger charge is 2.21. The summed E-state index contributed by atoms with van der Waals surface area (Å²) in [6.07, 6.45) is 3.21. The Balaban J connectivity index is 1.93. The summed E-state index contributed by atoms with van der Waals surface area (Å²) >= 11 is 0. The first-order valence-corrected chi connectivity index (χ1v) is 7.50. The molecule has 0 amide bonds. The molecule has 4 nitrogen and oxygen atoms in total. The zero-order valence-electron chi connectivity index (χ0n) is 12.4. The van der Waals surface area contributed by atoms with Crippen LogP contribution in [0.4, 0.5) is 0 Å². The van der Waals surface area contributed by atoms with Crippen molar-refractivity contribution in [3.63, 3.8) is 0 Å². The minimum absolute atomic E-state index is 0.568. The van der Waals surface area contributed by atoms with Crippen LogP contribution in [0.3, 0.4) is 0 Å². The summed E-state index contributed by atoms with van der Waals surface area (Å²) in [5, 5.41) is 0. The molecule has 1 aromatic rings. The Morgan fingerprint density at radius 1 is 1.21 bits per heavy atom. The summed E-state index contributed by atoms with van der Waals surface area (Å²) < 4.78 is 2.24. The maximum atomic E-state index is 5.80. The fourth-order valence-corrected chi connectivity index (χ4v) is 3.03. The minimum atomic E-state index is 0.568. The van der Waals surface area contributed by atoms with Gasteiger partial charge in [0.15, 0.2) is 0 Å². The smallest absolute Gasteiger partial charge is 0.0216 e. The molecule has 0 spiro atoms. The fraction of sp³-hybridized carbons (Fsp3) is 0.733. The van der Waals surface area contributed by atoms with E-state index in [4.69, 9.17) is 5.73 Å². The zero-order valence-corrected chi connectivity index (χ0v) is 12.4. The van der Waals surface area contributed by atoms with Gasteiger partial charge in [0, 0.05) is 57.6 Å². The first kappa shape index (κ1) is 14.6. The molecule has 0 aliphatic carbocycles. The number of likely N-dealkylation sites (N-methyl/N-ethyl adjacent to an activating group) is 1.